The van der Waals surface area contributed by atoms with Crippen molar-refractivity contribution < 1.29 is 24.1 Å². The lowest BCUT2D eigenvalue weighted by Crippen LogP contribution is -2.34. The molecular formula is C26H30N2O5. The van der Waals surface area contributed by atoms with Crippen LogP contribution in [0.15, 0.2) is 54.6 Å². The molecule has 33 heavy (non-hydrogen) atoms. The Morgan fingerprint density at radius 2 is 1.79 bits per heavy atom. The van der Waals surface area contributed by atoms with E-state index >= 15 is 0 Å². The molecule has 1 aliphatic heterocycles. The molecule has 3 aromatic rings. The summed E-state index contributed by atoms with van der Waals surface area (Å²) in [6.45, 7) is 0.513. The maximum Gasteiger partial charge on any atom is 0.230 e. The number of hydrogen-bond donors (Lipinski definition) is 1. The first kappa shape index (κ1) is 22.6. The van der Waals surface area contributed by atoms with Gasteiger partial charge in [0.05, 0.1) is 21.3 Å². The standard InChI is InChI=1S/C26H30N2O5/c1-27-16-20(18-9-5-6-10-21(18)27)19(15-25(30)28-12-8-7-11-24(28)29)17-13-22(31-2)26(33-4)23(14-17)32-3/h5-6,9-11,13-14,16,19,29H,7-8,12,15H2,1-4H3. The summed E-state index contributed by atoms with van der Waals surface area (Å²) in [6, 6.07) is 11.9. The third kappa shape index (κ3) is 4.23. The third-order valence-corrected chi connectivity index (χ3v) is 6.26. The van der Waals surface area contributed by atoms with Gasteiger partial charge >= 0.3 is 0 Å². The number of aromatic nitrogens is 1. The van der Waals surface area contributed by atoms with Gasteiger partial charge in [-0.3, -0.25) is 9.69 Å². The van der Waals surface area contributed by atoms with Crippen LogP contribution in [0.3, 0.4) is 0 Å². The fourth-order valence-electron chi connectivity index (χ4n) is 4.60. The lowest BCUT2D eigenvalue weighted by Gasteiger charge is -2.27. The van der Waals surface area contributed by atoms with E-state index < -0.39 is 0 Å². The highest BCUT2D eigenvalue weighted by molar-refractivity contribution is 5.87. The number of aryl methyl sites for hydroxylation is 1. The van der Waals surface area contributed by atoms with Crippen LogP contribution in [0.1, 0.15) is 36.3 Å². The third-order valence-electron chi connectivity index (χ3n) is 6.26. The quantitative estimate of drug-likeness (QED) is 0.563. The van der Waals surface area contributed by atoms with Gasteiger partial charge in [0.2, 0.25) is 11.7 Å². The van der Waals surface area contributed by atoms with Crippen molar-refractivity contribution >= 4 is 16.8 Å². The van der Waals surface area contributed by atoms with E-state index in [1.807, 2.05) is 31.3 Å². The predicted octanol–water partition coefficient (Wildman–Crippen LogP) is 4.75. The molecule has 0 saturated heterocycles. The molecule has 1 atom stereocenters. The zero-order valence-electron chi connectivity index (χ0n) is 19.5. The van der Waals surface area contributed by atoms with Crippen LogP contribution in [0.2, 0.25) is 0 Å². The zero-order chi connectivity index (χ0) is 23.5. The van der Waals surface area contributed by atoms with Crippen molar-refractivity contribution in [3.05, 3.63) is 65.7 Å². The van der Waals surface area contributed by atoms with Crippen molar-refractivity contribution in [3.8, 4) is 17.2 Å². The van der Waals surface area contributed by atoms with Gasteiger partial charge in [-0.25, -0.2) is 0 Å². The van der Waals surface area contributed by atoms with E-state index in [1.54, 1.807) is 27.4 Å². The summed E-state index contributed by atoms with van der Waals surface area (Å²) in [6.07, 6.45) is 5.56. The molecule has 0 bridgehead atoms. The van der Waals surface area contributed by atoms with Crippen molar-refractivity contribution in [2.24, 2.45) is 7.05 Å². The Balaban J connectivity index is 1.85. The van der Waals surface area contributed by atoms with Gasteiger partial charge in [-0.05, 0) is 48.2 Å². The van der Waals surface area contributed by atoms with Crippen LogP contribution >= 0.6 is 0 Å². The van der Waals surface area contributed by atoms with Gasteiger partial charge in [-0.15, -0.1) is 0 Å². The van der Waals surface area contributed by atoms with E-state index in [-0.39, 0.29) is 24.1 Å². The lowest BCUT2D eigenvalue weighted by atomic mass is 9.87. The summed E-state index contributed by atoms with van der Waals surface area (Å²) in [5, 5.41) is 11.4. The van der Waals surface area contributed by atoms with Gasteiger partial charge in [0.1, 0.15) is 0 Å². The lowest BCUT2D eigenvalue weighted by molar-refractivity contribution is -0.131. The molecule has 0 spiro atoms. The maximum absolute atomic E-state index is 13.4. The number of carbonyl (C=O) groups is 1. The van der Waals surface area contributed by atoms with Gasteiger partial charge in [0.15, 0.2) is 17.4 Å². The Labute approximate surface area is 193 Å². The molecule has 0 aliphatic carbocycles. The van der Waals surface area contributed by atoms with Crippen molar-refractivity contribution in [3.63, 3.8) is 0 Å². The number of allylic oxidation sites excluding steroid dienone is 1. The molecule has 174 valence electrons. The van der Waals surface area contributed by atoms with Crippen LogP contribution in [0.25, 0.3) is 10.9 Å². The van der Waals surface area contributed by atoms with Gasteiger partial charge in [-0.2, -0.15) is 0 Å². The molecular weight excluding hydrogens is 420 g/mol. The van der Waals surface area contributed by atoms with Gasteiger partial charge in [-0.1, -0.05) is 18.2 Å². The Kier molecular flexibility index (Phi) is 6.49. The molecule has 0 radical (unpaired) electrons. The Hall–Kier alpha value is -3.61. The fraction of sp³-hybridized carbons (Fsp3) is 0.346. The number of ether oxygens (including phenoxy) is 3. The Morgan fingerprint density at radius 1 is 1.09 bits per heavy atom. The molecule has 1 amide bonds. The van der Waals surface area contributed by atoms with Gasteiger partial charge < -0.3 is 23.9 Å². The summed E-state index contributed by atoms with van der Waals surface area (Å²) < 4.78 is 18.7. The number of fused-ring (bicyclic) bond motifs is 1. The number of carbonyl (C=O) groups excluding carboxylic acids is 1. The topological polar surface area (TPSA) is 73.2 Å². The second-order valence-electron chi connectivity index (χ2n) is 8.18. The minimum Gasteiger partial charge on any atom is -0.495 e. The monoisotopic (exact) mass is 450 g/mol. The molecule has 1 N–H and O–H groups in total. The number of aliphatic hydroxyl groups is 1. The molecule has 1 unspecified atom stereocenters. The van der Waals surface area contributed by atoms with Crippen molar-refractivity contribution in [1.29, 1.82) is 0 Å². The summed E-state index contributed by atoms with van der Waals surface area (Å²) in [4.78, 5) is 14.8. The fourth-order valence-corrected chi connectivity index (χ4v) is 4.60. The van der Waals surface area contributed by atoms with E-state index in [0.29, 0.717) is 23.8 Å². The van der Waals surface area contributed by atoms with Crippen LogP contribution in [-0.4, -0.2) is 48.4 Å². The molecule has 0 fully saturated rings. The average Bonchev–Trinajstić information content (AvgIpc) is 3.18. The molecule has 0 saturated carbocycles. The second kappa shape index (κ2) is 9.48. The Morgan fingerprint density at radius 3 is 2.42 bits per heavy atom. The van der Waals surface area contributed by atoms with Gasteiger partial charge in [0, 0.05) is 43.0 Å². The molecule has 4 rings (SSSR count). The second-order valence-corrected chi connectivity index (χ2v) is 8.18. The van der Waals surface area contributed by atoms with E-state index in [4.69, 9.17) is 14.2 Å². The van der Waals surface area contributed by atoms with Crippen LogP contribution in [0.4, 0.5) is 0 Å². The molecule has 1 aliphatic rings. The van der Waals surface area contributed by atoms with Crippen molar-refractivity contribution in [1.82, 2.24) is 9.47 Å². The highest BCUT2D eigenvalue weighted by atomic mass is 16.5. The number of nitrogens with zero attached hydrogens (tertiary/aromatic N) is 2. The number of methoxy groups -OCH3 is 3. The van der Waals surface area contributed by atoms with Crippen molar-refractivity contribution in [2.75, 3.05) is 27.9 Å². The average molecular weight is 451 g/mol. The highest BCUT2D eigenvalue weighted by Crippen LogP contribution is 2.43. The number of amides is 1. The molecule has 7 heteroatoms. The van der Waals surface area contributed by atoms with Gasteiger partial charge in [0.25, 0.3) is 0 Å². The van der Waals surface area contributed by atoms with E-state index in [1.165, 1.54) is 4.90 Å². The number of benzene rings is 2. The first-order valence-corrected chi connectivity index (χ1v) is 11.0. The first-order valence-electron chi connectivity index (χ1n) is 11.0. The van der Waals surface area contributed by atoms with Crippen LogP contribution in [0.5, 0.6) is 17.2 Å². The summed E-state index contributed by atoms with van der Waals surface area (Å²) >= 11 is 0. The SMILES string of the molecule is COc1cc(C(CC(=O)N2CCCC=C2O)c2cn(C)c3ccccc23)cc(OC)c1OC. The number of hydrogen-bond acceptors (Lipinski definition) is 5. The first-order chi connectivity index (χ1) is 16.0. The minimum atomic E-state index is -0.285. The highest BCUT2D eigenvalue weighted by Gasteiger charge is 2.29. The maximum atomic E-state index is 13.4. The number of rotatable bonds is 7. The summed E-state index contributed by atoms with van der Waals surface area (Å²) in [7, 11) is 6.72. The largest absolute Gasteiger partial charge is 0.495 e. The smallest absolute Gasteiger partial charge is 0.230 e. The van der Waals surface area contributed by atoms with E-state index in [0.717, 1.165) is 34.9 Å². The summed E-state index contributed by atoms with van der Waals surface area (Å²) in [5.41, 5.74) is 2.98. The summed E-state index contributed by atoms with van der Waals surface area (Å²) in [5.74, 6) is 1.19. The number of para-hydroxylation sites is 1. The van der Waals surface area contributed by atoms with Crippen LogP contribution in [-0.2, 0) is 11.8 Å². The normalized spacial score (nSPS) is 14.7. The zero-order valence-corrected chi connectivity index (χ0v) is 19.5. The predicted molar refractivity (Wildman–Crippen MR) is 127 cm³/mol. The van der Waals surface area contributed by atoms with E-state index in [2.05, 4.69) is 22.9 Å². The Bertz CT molecular complexity index is 1170. The van der Waals surface area contributed by atoms with Crippen molar-refractivity contribution in [2.45, 2.75) is 25.2 Å². The molecule has 7 nitrogen and oxygen atoms in total. The minimum absolute atomic E-state index is 0.0350. The molecule has 2 heterocycles. The van der Waals surface area contributed by atoms with Crippen LogP contribution in [0, 0.1) is 0 Å². The number of aliphatic hydroxyl groups excluding tert-OH is 1. The molecule has 1 aromatic heterocycles. The molecule has 2 aromatic carbocycles. The van der Waals surface area contributed by atoms with Crippen LogP contribution < -0.4 is 14.2 Å². The van der Waals surface area contributed by atoms with E-state index in [9.17, 15) is 9.90 Å².